The molecule has 1 aliphatic rings. The molecule has 0 radical (unpaired) electrons. The van der Waals surface area contributed by atoms with Crippen LogP contribution < -0.4 is 16.6 Å². The van der Waals surface area contributed by atoms with Gasteiger partial charge in [0.15, 0.2) is 5.82 Å². The summed E-state index contributed by atoms with van der Waals surface area (Å²) in [5.41, 5.74) is 5.54. The molecular weight excluding hydrogens is 180 g/mol. The summed E-state index contributed by atoms with van der Waals surface area (Å²) in [6.45, 7) is 2.11. The summed E-state index contributed by atoms with van der Waals surface area (Å²) in [5.74, 6) is 0.496. The van der Waals surface area contributed by atoms with E-state index in [1.54, 1.807) is 0 Å². The van der Waals surface area contributed by atoms with Crippen molar-refractivity contribution in [1.29, 1.82) is 0 Å². The Balaban J connectivity index is 2.24. The Bertz CT molecular complexity index is 394. The topological polar surface area (TPSA) is 83.8 Å². The van der Waals surface area contributed by atoms with E-state index in [-0.39, 0.29) is 16.8 Å². The molecule has 0 bridgehead atoms. The number of nitrogens with zero attached hydrogens (tertiary/aromatic N) is 1. The van der Waals surface area contributed by atoms with E-state index in [1.807, 2.05) is 0 Å². The predicted octanol–water partition coefficient (Wildman–Crippen LogP) is 0.707. The third-order valence-electron chi connectivity index (χ3n) is 2.77. The van der Waals surface area contributed by atoms with Crippen LogP contribution in [0.4, 0.5) is 11.5 Å². The van der Waals surface area contributed by atoms with E-state index < -0.39 is 0 Å². The number of nitrogen functional groups attached to an aromatic ring is 1. The average Bonchev–Trinajstić information content (AvgIpc) is 2.10. The van der Waals surface area contributed by atoms with Gasteiger partial charge in [0, 0.05) is 5.54 Å². The van der Waals surface area contributed by atoms with Crippen LogP contribution in [0, 0.1) is 0 Å². The van der Waals surface area contributed by atoms with E-state index in [0.717, 1.165) is 12.8 Å². The van der Waals surface area contributed by atoms with Crippen molar-refractivity contribution in [2.45, 2.75) is 31.7 Å². The van der Waals surface area contributed by atoms with Gasteiger partial charge >= 0.3 is 0 Å². The van der Waals surface area contributed by atoms with Gasteiger partial charge in [-0.15, -0.1) is 0 Å². The summed E-state index contributed by atoms with van der Waals surface area (Å²) in [5, 5.41) is 3.21. The van der Waals surface area contributed by atoms with Gasteiger partial charge in [-0.05, 0) is 26.2 Å². The van der Waals surface area contributed by atoms with Gasteiger partial charge in [-0.25, -0.2) is 4.98 Å². The highest BCUT2D eigenvalue weighted by molar-refractivity contribution is 5.60. The Kier molecular flexibility index (Phi) is 1.94. The Morgan fingerprint density at radius 3 is 2.93 bits per heavy atom. The molecule has 5 nitrogen and oxygen atoms in total. The number of hydrogen-bond acceptors (Lipinski definition) is 4. The molecule has 1 aromatic rings. The maximum Gasteiger partial charge on any atom is 0.276 e. The van der Waals surface area contributed by atoms with E-state index in [2.05, 4.69) is 22.2 Å². The first-order valence-electron chi connectivity index (χ1n) is 4.72. The minimum absolute atomic E-state index is 0.0644. The summed E-state index contributed by atoms with van der Waals surface area (Å²) in [4.78, 5) is 17.6. The summed E-state index contributed by atoms with van der Waals surface area (Å²) in [6.07, 6.45) is 4.78. The van der Waals surface area contributed by atoms with Crippen molar-refractivity contribution in [3.8, 4) is 0 Å². The van der Waals surface area contributed by atoms with Gasteiger partial charge in [-0.1, -0.05) is 0 Å². The molecule has 0 unspecified atom stereocenters. The largest absolute Gasteiger partial charge is 0.391 e. The SMILES string of the molecule is CC1(Nc2nc[nH]c(=O)c2N)CCC1. The van der Waals surface area contributed by atoms with Gasteiger partial charge in [0.2, 0.25) is 0 Å². The second-order valence-corrected chi connectivity index (χ2v) is 4.03. The molecule has 0 amide bonds. The van der Waals surface area contributed by atoms with Crippen LogP contribution in [0.1, 0.15) is 26.2 Å². The fraction of sp³-hybridized carbons (Fsp3) is 0.556. The molecule has 4 N–H and O–H groups in total. The summed E-state index contributed by atoms with van der Waals surface area (Å²) in [7, 11) is 0. The van der Waals surface area contributed by atoms with Gasteiger partial charge in [0.1, 0.15) is 5.69 Å². The quantitative estimate of drug-likeness (QED) is 0.647. The fourth-order valence-electron chi connectivity index (χ4n) is 1.63. The molecule has 0 saturated heterocycles. The van der Waals surface area contributed by atoms with Crippen molar-refractivity contribution in [2.75, 3.05) is 11.1 Å². The van der Waals surface area contributed by atoms with Crippen LogP contribution in [0.2, 0.25) is 0 Å². The number of anilines is 2. The molecule has 0 spiro atoms. The molecule has 1 aromatic heterocycles. The van der Waals surface area contributed by atoms with Crippen LogP contribution in [0.15, 0.2) is 11.1 Å². The van der Waals surface area contributed by atoms with Gasteiger partial charge in [0.25, 0.3) is 5.56 Å². The van der Waals surface area contributed by atoms with Crippen LogP contribution in [0.5, 0.6) is 0 Å². The molecule has 1 aliphatic carbocycles. The Morgan fingerprint density at radius 1 is 1.64 bits per heavy atom. The number of aromatic amines is 1. The number of aromatic nitrogens is 2. The summed E-state index contributed by atoms with van der Waals surface area (Å²) >= 11 is 0. The van der Waals surface area contributed by atoms with E-state index >= 15 is 0 Å². The monoisotopic (exact) mass is 194 g/mol. The number of nitrogens with one attached hydrogen (secondary N) is 2. The minimum Gasteiger partial charge on any atom is -0.391 e. The van der Waals surface area contributed by atoms with Gasteiger partial charge in [-0.3, -0.25) is 4.79 Å². The van der Waals surface area contributed by atoms with Crippen molar-refractivity contribution in [3.05, 3.63) is 16.7 Å². The molecular formula is C9H14N4O. The summed E-state index contributed by atoms with van der Waals surface area (Å²) in [6, 6.07) is 0. The second kappa shape index (κ2) is 3.01. The lowest BCUT2D eigenvalue weighted by Gasteiger charge is -2.39. The lowest BCUT2D eigenvalue weighted by molar-refractivity contribution is 0.306. The van der Waals surface area contributed by atoms with Crippen LogP contribution in [-0.4, -0.2) is 15.5 Å². The van der Waals surface area contributed by atoms with Crippen molar-refractivity contribution in [3.63, 3.8) is 0 Å². The normalized spacial score (nSPS) is 18.6. The molecule has 14 heavy (non-hydrogen) atoms. The zero-order valence-electron chi connectivity index (χ0n) is 8.13. The predicted molar refractivity (Wildman–Crippen MR) is 55.1 cm³/mol. The smallest absolute Gasteiger partial charge is 0.276 e. The fourth-order valence-corrected chi connectivity index (χ4v) is 1.63. The van der Waals surface area contributed by atoms with Crippen molar-refractivity contribution in [2.24, 2.45) is 0 Å². The number of hydrogen-bond donors (Lipinski definition) is 3. The Labute approximate surface area is 81.7 Å². The minimum atomic E-state index is -0.287. The first kappa shape index (κ1) is 9.05. The molecule has 0 aliphatic heterocycles. The van der Waals surface area contributed by atoms with Crippen molar-refractivity contribution < 1.29 is 0 Å². The van der Waals surface area contributed by atoms with Gasteiger partial charge in [0.05, 0.1) is 6.33 Å². The number of rotatable bonds is 2. The van der Waals surface area contributed by atoms with E-state index in [1.165, 1.54) is 12.7 Å². The maximum atomic E-state index is 11.2. The molecule has 0 aromatic carbocycles. The summed E-state index contributed by atoms with van der Waals surface area (Å²) < 4.78 is 0. The average molecular weight is 194 g/mol. The molecule has 1 fully saturated rings. The number of nitrogens with two attached hydrogens (primary N) is 1. The molecule has 1 saturated carbocycles. The van der Waals surface area contributed by atoms with Crippen molar-refractivity contribution >= 4 is 11.5 Å². The van der Waals surface area contributed by atoms with Gasteiger partial charge < -0.3 is 16.0 Å². The molecule has 1 heterocycles. The van der Waals surface area contributed by atoms with Gasteiger partial charge in [-0.2, -0.15) is 0 Å². The molecule has 5 heteroatoms. The van der Waals surface area contributed by atoms with E-state index in [9.17, 15) is 4.79 Å². The highest BCUT2D eigenvalue weighted by Crippen LogP contribution is 2.34. The lowest BCUT2D eigenvalue weighted by Crippen LogP contribution is -2.42. The number of H-pyrrole nitrogens is 1. The lowest BCUT2D eigenvalue weighted by atomic mass is 9.78. The third kappa shape index (κ3) is 1.45. The van der Waals surface area contributed by atoms with Crippen LogP contribution in [-0.2, 0) is 0 Å². The van der Waals surface area contributed by atoms with Crippen LogP contribution >= 0.6 is 0 Å². The Hall–Kier alpha value is -1.52. The first-order chi connectivity index (χ1) is 6.61. The van der Waals surface area contributed by atoms with Crippen LogP contribution in [0.3, 0.4) is 0 Å². The highest BCUT2D eigenvalue weighted by atomic mass is 16.1. The molecule has 76 valence electrons. The maximum absolute atomic E-state index is 11.2. The van der Waals surface area contributed by atoms with Crippen molar-refractivity contribution in [1.82, 2.24) is 9.97 Å². The zero-order chi connectivity index (χ0) is 10.2. The first-order valence-corrected chi connectivity index (χ1v) is 4.72. The standard InChI is InChI=1S/C9H14N4O/c1-9(3-2-4-9)13-7-6(10)8(14)12-5-11-7/h5H,2-4,10H2,1H3,(H2,11,12,13,14). The highest BCUT2D eigenvalue weighted by Gasteiger charge is 2.32. The second-order valence-electron chi connectivity index (χ2n) is 4.03. The van der Waals surface area contributed by atoms with E-state index in [0.29, 0.717) is 5.82 Å². The molecule has 0 atom stereocenters. The molecule has 2 rings (SSSR count). The zero-order valence-corrected chi connectivity index (χ0v) is 8.13. The Morgan fingerprint density at radius 2 is 2.36 bits per heavy atom. The van der Waals surface area contributed by atoms with E-state index in [4.69, 9.17) is 5.73 Å². The third-order valence-corrected chi connectivity index (χ3v) is 2.77. The van der Waals surface area contributed by atoms with Crippen LogP contribution in [0.25, 0.3) is 0 Å².